The van der Waals surface area contributed by atoms with E-state index in [0.29, 0.717) is 24.4 Å². The third-order valence-corrected chi connectivity index (χ3v) is 4.41. The normalized spacial score (nSPS) is 18.2. The summed E-state index contributed by atoms with van der Waals surface area (Å²) < 4.78 is 23.8. The van der Waals surface area contributed by atoms with Crippen molar-refractivity contribution in [2.24, 2.45) is 0 Å². The molecule has 1 aliphatic heterocycles. The third-order valence-electron chi connectivity index (χ3n) is 4.41. The molecule has 0 saturated carbocycles. The first-order valence-electron chi connectivity index (χ1n) is 8.21. The average molecular weight is 348 g/mol. The van der Waals surface area contributed by atoms with E-state index in [-0.39, 0.29) is 17.8 Å². The summed E-state index contributed by atoms with van der Waals surface area (Å²) in [6.07, 6.45) is 2.82. The fraction of sp³-hybridized carbons (Fsp3) is 0.389. The Labute approximate surface area is 145 Å². The molecule has 1 fully saturated rings. The predicted molar refractivity (Wildman–Crippen MR) is 90.0 cm³/mol. The van der Waals surface area contributed by atoms with Crippen molar-refractivity contribution in [3.63, 3.8) is 0 Å². The maximum atomic E-state index is 13.8. The summed E-state index contributed by atoms with van der Waals surface area (Å²) in [5.74, 6) is 0.0783. The molecule has 2 amide bonds. The Morgan fingerprint density at radius 3 is 3.04 bits per heavy atom. The molecule has 2 atom stereocenters. The molecule has 6 nitrogen and oxygen atoms in total. The summed E-state index contributed by atoms with van der Waals surface area (Å²) in [7, 11) is 1.38. The summed E-state index contributed by atoms with van der Waals surface area (Å²) >= 11 is 0. The molecule has 2 unspecified atom stereocenters. The molecule has 0 radical (unpaired) electrons. The molecule has 2 aromatic rings. The van der Waals surface area contributed by atoms with Gasteiger partial charge in [0.25, 0.3) is 0 Å². The fourth-order valence-corrected chi connectivity index (χ4v) is 3.14. The number of halogens is 1. The number of carbonyl (C=O) groups is 1. The second-order valence-corrected chi connectivity index (χ2v) is 6.04. The van der Waals surface area contributed by atoms with Crippen LogP contribution in [-0.4, -0.2) is 35.7 Å². The Kier molecular flexibility index (Phi) is 5.23. The lowest BCUT2D eigenvalue weighted by molar-refractivity contribution is 0.110. The lowest BCUT2D eigenvalue weighted by Gasteiger charge is -2.26. The summed E-state index contributed by atoms with van der Waals surface area (Å²) in [6, 6.07) is 7.30. The van der Waals surface area contributed by atoms with Gasteiger partial charge in [0.15, 0.2) is 11.6 Å². The van der Waals surface area contributed by atoms with E-state index in [2.05, 4.69) is 5.32 Å². The van der Waals surface area contributed by atoms with Gasteiger partial charge < -0.3 is 24.5 Å². The first-order chi connectivity index (χ1) is 12.1. The minimum absolute atomic E-state index is 0.0943. The van der Waals surface area contributed by atoms with Crippen LogP contribution in [0.5, 0.6) is 5.75 Å². The van der Waals surface area contributed by atoms with Crippen molar-refractivity contribution in [3.05, 3.63) is 48.2 Å². The molecular formula is C18H21FN2O4. The van der Waals surface area contributed by atoms with Crippen LogP contribution in [0.3, 0.4) is 0 Å². The number of aliphatic hydroxyl groups is 1. The Hall–Kier alpha value is -2.54. The number of urea groups is 1. The van der Waals surface area contributed by atoms with Gasteiger partial charge in [-0.05, 0) is 37.1 Å². The first-order valence-corrected chi connectivity index (χ1v) is 8.21. The van der Waals surface area contributed by atoms with Gasteiger partial charge in [-0.3, -0.25) is 0 Å². The van der Waals surface area contributed by atoms with Crippen molar-refractivity contribution in [1.82, 2.24) is 4.90 Å². The van der Waals surface area contributed by atoms with Gasteiger partial charge in [0.2, 0.25) is 0 Å². The second-order valence-electron chi connectivity index (χ2n) is 6.04. The molecule has 1 aliphatic rings. The highest BCUT2D eigenvalue weighted by Gasteiger charge is 2.31. The molecular weight excluding hydrogens is 327 g/mol. The molecule has 7 heteroatoms. The molecule has 2 heterocycles. The topological polar surface area (TPSA) is 74.9 Å². The molecule has 0 bridgehead atoms. The van der Waals surface area contributed by atoms with Crippen LogP contribution >= 0.6 is 0 Å². The quantitative estimate of drug-likeness (QED) is 0.866. The van der Waals surface area contributed by atoms with Crippen molar-refractivity contribution >= 4 is 11.7 Å². The largest absolute Gasteiger partial charge is 0.494 e. The average Bonchev–Trinajstić information content (AvgIpc) is 3.26. The number of nitrogens with zero attached hydrogens (tertiary/aromatic N) is 1. The SMILES string of the molecule is COc1ccc(NC(=O)N2CCCC2CC(O)c2ccco2)cc1F. The van der Waals surface area contributed by atoms with E-state index in [1.165, 1.54) is 25.5 Å². The second kappa shape index (κ2) is 7.57. The highest BCUT2D eigenvalue weighted by Crippen LogP contribution is 2.28. The number of aliphatic hydroxyl groups excluding tert-OH is 1. The van der Waals surface area contributed by atoms with Gasteiger partial charge in [-0.2, -0.15) is 0 Å². The Morgan fingerprint density at radius 1 is 1.52 bits per heavy atom. The van der Waals surface area contributed by atoms with Crippen LogP contribution in [0.2, 0.25) is 0 Å². The van der Waals surface area contributed by atoms with E-state index in [1.807, 2.05) is 0 Å². The van der Waals surface area contributed by atoms with E-state index in [1.54, 1.807) is 23.1 Å². The fourth-order valence-electron chi connectivity index (χ4n) is 3.14. The summed E-state index contributed by atoms with van der Waals surface area (Å²) in [4.78, 5) is 14.2. The van der Waals surface area contributed by atoms with E-state index in [4.69, 9.17) is 9.15 Å². The number of ether oxygens (including phenoxy) is 1. The van der Waals surface area contributed by atoms with Crippen LogP contribution in [0.15, 0.2) is 41.0 Å². The smallest absolute Gasteiger partial charge is 0.322 e. The summed E-state index contributed by atoms with van der Waals surface area (Å²) in [5.41, 5.74) is 0.362. The Balaban J connectivity index is 1.63. The molecule has 1 aromatic heterocycles. The zero-order valence-electron chi connectivity index (χ0n) is 13.9. The molecule has 2 N–H and O–H groups in total. The number of rotatable bonds is 5. The van der Waals surface area contributed by atoms with Gasteiger partial charge in [-0.1, -0.05) is 0 Å². The van der Waals surface area contributed by atoms with Gasteiger partial charge in [0.05, 0.1) is 13.4 Å². The van der Waals surface area contributed by atoms with Crippen LogP contribution in [-0.2, 0) is 0 Å². The van der Waals surface area contributed by atoms with Crippen LogP contribution in [0, 0.1) is 5.82 Å². The van der Waals surface area contributed by atoms with Crippen LogP contribution in [0.25, 0.3) is 0 Å². The van der Waals surface area contributed by atoms with Crippen molar-refractivity contribution in [2.75, 3.05) is 19.0 Å². The number of benzene rings is 1. The van der Waals surface area contributed by atoms with Crippen molar-refractivity contribution < 1.29 is 23.4 Å². The molecule has 0 aliphatic carbocycles. The minimum Gasteiger partial charge on any atom is -0.494 e. The number of carbonyl (C=O) groups excluding carboxylic acids is 1. The van der Waals surface area contributed by atoms with Gasteiger partial charge in [0, 0.05) is 30.8 Å². The van der Waals surface area contributed by atoms with E-state index < -0.39 is 11.9 Å². The monoisotopic (exact) mass is 348 g/mol. The number of nitrogens with one attached hydrogen (secondary N) is 1. The Morgan fingerprint density at radius 2 is 2.36 bits per heavy atom. The van der Waals surface area contributed by atoms with E-state index in [0.717, 1.165) is 12.8 Å². The van der Waals surface area contributed by atoms with Gasteiger partial charge >= 0.3 is 6.03 Å². The molecule has 3 rings (SSSR count). The molecule has 134 valence electrons. The van der Waals surface area contributed by atoms with E-state index >= 15 is 0 Å². The molecule has 25 heavy (non-hydrogen) atoms. The highest BCUT2D eigenvalue weighted by atomic mass is 19.1. The summed E-state index contributed by atoms with van der Waals surface area (Å²) in [5, 5.41) is 12.9. The number of furan rings is 1. The number of hydrogen-bond donors (Lipinski definition) is 2. The lowest BCUT2D eigenvalue weighted by atomic mass is 10.1. The van der Waals surface area contributed by atoms with Crippen LogP contribution in [0.1, 0.15) is 31.1 Å². The maximum Gasteiger partial charge on any atom is 0.322 e. The van der Waals surface area contributed by atoms with Gasteiger partial charge in [0.1, 0.15) is 11.9 Å². The van der Waals surface area contributed by atoms with Crippen molar-refractivity contribution in [2.45, 2.75) is 31.4 Å². The molecule has 1 saturated heterocycles. The molecule has 0 spiro atoms. The number of amides is 2. The van der Waals surface area contributed by atoms with Crippen LogP contribution < -0.4 is 10.1 Å². The van der Waals surface area contributed by atoms with Crippen molar-refractivity contribution in [1.29, 1.82) is 0 Å². The predicted octanol–water partition coefficient (Wildman–Crippen LogP) is 3.55. The standard InChI is InChI=1S/C18H21FN2O4/c1-24-16-7-6-12(10-14(16)19)20-18(23)21-8-2-4-13(21)11-15(22)17-5-3-9-25-17/h3,5-7,9-10,13,15,22H,2,4,8,11H2,1H3,(H,20,23). The van der Waals surface area contributed by atoms with Gasteiger partial charge in [-0.15, -0.1) is 0 Å². The molecule has 1 aromatic carbocycles. The third kappa shape index (κ3) is 3.93. The number of methoxy groups -OCH3 is 1. The zero-order chi connectivity index (χ0) is 17.8. The first kappa shape index (κ1) is 17.3. The maximum absolute atomic E-state index is 13.8. The minimum atomic E-state index is -0.758. The zero-order valence-corrected chi connectivity index (χ0v) is 13.9. The Bertz CT molecular complexity index is 720. The number of anilines is 1. The van der Waals surface area contributed by atoms with E-state index in [9.17, 15) is 14.3 Å². The lowest BCUT2D eigenvalue weighted by Crippen LogP contribution is -2.39. The summed E-state index contributed by atoms with van der Waals surface area (Å²) in [6.45, 7) is 0.597. The highest BCUT2D eigenvalue weighted by molar-refractivity contribution is 5.89. The van der Waals surface area contributed by atoms with Crippen LogP contribution in [0.4, 0.5) is 14.9 Å². The van der Waals surface area contributed by atoms with Gasteiger partial charge in [-0.25, -0.2) is 9.18 Å². The number of likely N-dealkylation sites (tertiary alicyclic amines) is 1. The van der Waals surface area contributed by atoms with Crippen molar-refractivity contribution in [3.8, 4) is 5.75 Å². The number of hydrogen-bond acceptors (Lipinski definition) is 4.